The van der Waals surface area contributed by atoms with E-state index in [2.05, 4.69) is 15.5 Å². The van der Waals surface area contributed by atoms with E-state index in [4.69, 9.17) is 14.3 Å². The molecule has 2 rings (SSSR count). The summed E-state index contributed by atoms with van der Waals surface area (Å²) in [4.78, 5) is 0. The number of methoxy groups -OCH3 is 1. The van der Waals surface area contributed by atoms with Crippen molar-refractivity contribution in [3.8, 4) is 11.5 Å². The first-order valence-corrected chi connectivity index (χ1v) is 6.04. The molecule has 1 heterocycles. The van der Waals surface area contributed by atoms with Crippen LogP contribution in [0.5, 0.6) is 0 Å². The zero-order valence-electron chi connectivity index (χ0n) is 10.7. The third-order valence-electron chi connectivity index (χ3n) is 2.62. The molecule has 2 aromatic rings. The predicted molar refractivity (Wildman–Crippen MR) is 69.3 cm³/mol. The minimum absolute atomic E-state index is 0.00643. The number of aliphatic hydroxyl groups excluding tert-OH is 1. The first kappa shape index (κ1) is 13.7. The molecule has 1 unspecified atom stereocenters. The molecule has 0 spiro atoms. The van der Waals surface area contributed by atoms with E-state index in [0.717, 1.165) is 5.56 Å². The van der Waals surface area contributed by atoms with Gasteiger partial charge in [0.2, 0.25) is 11.8 Å². The van der Waals surface area contributed by atoms with Crippen LogP contribution in [0.25, 0.3) is 11.5 Å². The zero-order valence-corrected chi connectivity index (χ0v) is 10.7. The smallest absolute Gasteiger partial charge is 0.247 e. The van der Waals surface area contributed by atoms with Crippen molar-refractivity contribution < 1.29 is 14.3 Å². The van der Waals surface area contributed by atoms with Crippen LogP contribution in [-0.2, 0) is 11.3 Å². The molecule has 0 amide bonds. The van der Waals surface area contributed by atoms with Crippen LogP contribution in [-0.4, -0.2) is 41.7 Å². The van der Waals surface area contributed by atoms with Crippen molar-refractivity contribution in [2.24, 2.45) is 0 Å². The highest BCUT2D eigenvalue weighted by Gasteiger charge is 2.11. The Kier molecular flexibility index (Phi) is 5.02. The van der Waals surface area contributed by atoms with E-state index in [9.17, 15) is 0 Å². The van der Waals surface area contributed by atoms with Gasteiger partial charge in [-0.25, -0.2) is 0 Å². The van der Waals surface area contributed by atoms with Gasteiger partial charge in [0.05, 0.1) is 25.8 Å². The minimum atomic E-state index is -0.142. The largest absolute Gasteiger partial charge is 0.419 e. The molecule has 0 aliphatic rings. The molecule has 0 aliphatic carbocycles. The Labute approximate surface area is 111 Å². The Hall–Kier alpha value is -1.76. The molecule has 0 bridgehead atoms. The fourth-order valence-corrected chi connectivity index (χ4v) is 1.63. The number of hydrogen-bond donors (Lipinski definition) is 2. The van der Waals surface area contributed by atoms with Crippen molar-refractivity contribution in [3.05, 3.63) is 36.2 Å². The predicted octanol–water partition coefficient (Wildman–Crippen LogP) is 0.833. The summed E-state index contributed by atoms with van der Waals surface area (Å²) in [5.41, 5.74) is 0.886. The Bertz CT molecular complexity index is 487. The Morgan fingerprint density at radius 3 is 2.79 bits per heavy atom. The minimum Gasteiger partial charge on any atom is -0.419 e. The van der Waals surface area contributed by atoms with Gasteiger partial charge in [-0.2, -0.15) is 0 Å². The van der Waals surface area contributed by atoms with Crippen LogP contribution in [0.4, 0.5) is 0 Å². The summed E-state index contributed by atoms with van der Waals surface area (Å²) in [6.07, 6.45) is 0. The number of aromatic nitrogens is 2. The molecule has 6 nitrogen and oxygen atoms in total. The second kappa shape index (κ2) is 6.98. The van der Waals surface area contributed by atoms with E-state index in [1.165, 1.54) is 0 Å². The highest BCUT2D eigenvalue weighted by Crippen LogP contribution is 2.16. The summed E-state index contributed by atoms with van der Waals surface area (Å²) < 4.78 is 10.5. The zero-order chi connectivity index (χ0) is 13.5. The second-order valence-corrected chi connectivity index (χ2v) is 4.08. The topological polar surface area (TPSA) is 80.4 Å². The van der Waals surface area contributed by atoms with Gasteiger partial charge in [0.25, 0.3) is 0 Å². The van der Waals surface area contributed by atoms with Crippen LogP contribution in [0.3, 0.4) is 0 Å². The molecule has 102 valence electrons. The van der Waals surface area contributed by atoms with E-state index in [1.807, 2.05) is 30.3 Å². The molecule has 0 fully saturated rings. The van der Waals surface area contributed by atoms with Crippen LogP contribution in [0.1, 0.15) is 5.89 Å². The van der Waals surface area contributed by atoms with Gasteiger partial charge in [-0.15, -0.1) is 10.2 Å². The van der Waals surface area contributed by atoms with E-state index < -0.39 is 0 Å². The standard InChI is InChI=1S/C13H17N3O3/c1-18-9-11(8-17)14-7-12-15-16-13(19-12)10-5-3-2-4-6-10/h2-6,11,14,17H,7-9H2,1H3. The Morgan fingerprint density at radius 1 is 1.32 bits per heavy atom. The number of ether oxygens (including phenoxy) is 1. The molecule has 6 heteroatoms. The van der Waals surface area contributed by atoms with Gasteiger partial charge in [-0.05, 0) is 12.1 Å². The molecule has 1 aromatic carbocycles. The fourth-order valence-electron chi connectivity index (χ4n) is 1.63. The number of aliphatic hydroxyl groups is 1. The van der Waals surface area contributed by atoms with Crippen molar-refractivity contribution in [2.75, 3.05) is 20.3 Å². The Balaban J connectivity index is 1.94. The lowest BCUT2D eigenvalue weighted by Crippen LogP contribution is -2.35. The third kappa shape index (κ3) is 3.85. The van der Waals surface area contributed by atoms with Gasteiger partial charge in [0, 0.05) is 12.7 Å². The molecule has 0 radical (unpaired) electrons. The maximum absolute atomic E-state index is 9.11. The normalized spacial score (nSPS) is 12.5. The van der Waals surface area contributed by atoms with Gasteiger partial charge in [0.15, 0.2) is 0 Å². The fraction of sp³-hybridized carbons (Fsp3) is 0.385. The van der Waals surface area contributed by atoms with Crippen LogP contribution in [0, 0.1) is 0 Å². The number of nitrogens with one attached hydrogen (secondary N) is 1. The lowest BCUT2D eigenvalue weighted by atomic mass is 10.2. The molecule has 19 heavy (non-hydrogen) atoms. The van der Waals surface area contributed by atoms with Crippen LogP contribution < -0.4 is 5.32 Å². The number of hydrogen-bond acceptors (Lipinski definition) is 6. The first-order valence-electron chi connectivity index (χ1n) is 6.04. The quantitative estimate of drug-likeness (QED) is 0.770. The first-order chi connectivity index (χ1) is 9.33. The Morgan fingerprint density at radius 2 is 2.11 bits per heavy atom. The van der Waals surface area contributed by atoms with Gasteiger partial charge in [-0.3, -0.25) is 0 Å². The van der Waals surface area contributed by atoms with Gasteiger partial charge >= 0.3 is 0 Å². The molecular formula is C13H17N3O3. The number of nitrogens with zero attached hydrogens (tertiary/aromatic N) is 2. The molecule has 1 aromatic heterocycles. The molecule has 0 saturated heterocycles. The summed E-state index contributed by atoms with van der Waals surface area (Å²) in [6.45, 7) is 0.818. The molecule has 2 N–H and O–H groups in total. The highest BCUT2D eigenvalue weighted by molar-refractivity contribution is 5.51. The maximum atomic E-state index is 9.11. The van der Waals surface area contributed by atoms with Crippen LogP contribution in [0.15, 0.2) is 34.7 Å². The van der Waals surface area contributed by atoms with E-state index in [0.29, 0.717) is 24.9 Å². The van der Waals surface area contributed by atoms with E-state index >= 15 is 0 Å². The second-order valence-electron chi connectivity index (χ2n) is 4.08. The van der Waals surface area contributed by atoms with Gasteiger partial charge in [0.1, 0.15) is 0 Å². The molecular weight excluding hydrogens is 246 g/mol. The summed E-state index contributed by atoms with van der Waals surface area (Å²) in [5.74, 6) is 0.970. The van der Waals surface area contributed by atoms with E-state index in [-0.39, 0.29) is 12.6 Å². The van der Waals surface area contributed by atoms with Crippen LogP contribution in [0.2, 0.25) is 0 Å². The lowest BCUT2D eigenvalue weighted by Gasteiger charge is -2.13. The van der Waals surface area contributed by atoms with Crippen molar-refractivity contribution in [1.82, 2.24) is 15.5 Å². The summed E-state index contributed by atoms with van der Waals surface area (Å²) in [7, 11) is 1.59. The number of rotatable bonds is 7. The van der Waals surface area contributed by atoms with Gasteiger partial charge in [-0.1, -0.05) is 18.2 Å². The summed E-state index contributed by atoms with van der Waals surface area (Å²) in [5, 5.41) is 20.1. The van der Waals surface area contributed by atoms with E-state index in [1.54, 1.807) is 7.11 Å². The van der Waals surface area contributed by atoms with Crippen molar-refractivity contribution in [1.29, 1.82) is 0 Å². The average molecular weight is 263 g/mol. The SMILES string of the molecule is COCC(CO)NCc1nnc(-c2ccccc2)o1. The molecule has 0 saturated carbocycles. The van der Waals surface area contributed by atoms with Crippen molar-refractivity contribution in [3.63, 3.8) is 0 Å². The molecule has 1 atom stereocenters. The monoisotopic (exact) mass is 263 g/mol. The van der Waals surface area contributed by atoms with Gasteiger partial charge < -0.3 is 19.6 Å². The maximum Gasteiger partial charge on any atom is 0.247 e. The van der Waals surface area contributed by atoms with Crippen molar-refractivity contribution in [2.45, 2.75) is 12.6 Å². The average Bonchev–Trinajstić information content (AvgIpc) is 2.93. The highest BCUT2D eigenvalue weighted by atomic mass is 16.5. The third-order valence-corrected chi connectivity index (χ3v) is 2.62. The molecule has 0 aliphatic heterocycles. The van der Waals surface area contributed by atoms with Crippen LogP contribution >= 0.6 is 0 Å². The lowest BCUT2D eigenvalue weighted by molar-refractivity contribution is 0.126. The summed E-state index contributed by atoms with van der Waals surface area (Å²) >= 11 is 0. The van der Waals surface area contributed by atoms with Crippen molar-refractivity contribution >= 4 is 0 Å². The number of benzene rings is 1. The summed E-state index contributed by atoms with van der Waals surface area (Å²) in [6, 6.07) is 9.43.